The topological polar surface area (TPSA) is 52.7 Å². The summed E-state index contributed by atoms with van der Waals surface area (Å²) < 4.78 is 27.1. The highest BCUT2D eigenvalue weighted by molar-refractivity contribution is 5.94. The Hall–Kier alpha value is -2.80. The van der Waals surface area contributed by atoms with Crippen molar-refractivity contribution in [3.05, 3.63) is 71.3 Å². The molecule has 2 aromatic carbocycles. The van der Waals surface area contributed by atoms with Crippen molar-refractivity contribution in [2.45, 2.75) is 39.2 Å². The zero-order chi connectivity index (χ0) is 23.8. The lowest BCUT2D eigenvalue weighted by atomic mass is 9.95. The van der Waals surface area contributed by atoms with Gasteiger partial charge in [0.25, 0.3) is 5.91 Å². The third-order valence-corrected chi connectivity index (χ3v) is 6.47. The Bertz CT molecular complexity index is 926. The summed E-state index contributed by atoms with van der Waals surface area (Å²) >= 11 is 0. The minimum Gasteiger partial charge on any atom is -0.354 e. The molecule has 1 fully saturated rings. The van der Waals surface area contributed by atoms with Gasteiger partial charge < -0.3 is 10.2 Å². The molecule has 2 aromatic rings. The number of halogens is 2. The van der Waals surface area contributed by atoms with Crippen LogP contribution in [0.4, 0.5) is 8.78 Å². The molecule has 1 atom stereocenters. The van der Waals surface area contributed by atoms with Crippen LogP contribution in [0.1, 0.15) is 42.6 Å². The van der Waals surface area contributed by atoms with E-state index in [0.717, 1.165) is 31.6 Å². The van der Waals surface area contributed by atoms with Gasteiger partial charge in [-0.3, -0.25) is 14.5 Å². The molecule has 0 radical (unpaired) electrons. The summed E-state index contributed by atoms with van der Waals surface area (Å²) in [5, 5.41) is 3.13. The fraction of sp³-hybridized carbons (Fsp3) is 0.462. The molecule has 5 nitrogen and oxygen atoms in total. The Kier molecular flexibility index (Phi) is 8.95. The Morgan fingerprint density at radius 2 is 1.73 bits per heavy atom. The molecule has 0 unspecified atom stereocenters. The number of carbonyl (C=O) groups is 2. The van der Waals surface area contributed by atoms with E-state index in [0.29, 0.717) is 32.5 Å². The van der Waals surface area contributed by atoms with Gasteiger partial charge >= 0.3 is 0 Å². The van der Waals surface area contributed by atoms with E-state index in [1.807, 2.05) is 18.2 Å². The maximum Gasteiger partial charge on any atom is 0.256 e. The van der Waals surface area contributed by atoms with Crippen molar-refractivity contribution in [3.8, 4) is 0 Å². The number of hydrogen-bond acceptors (Lipinski definition) is 3. The first kappa shape index (κ1) is 24.8. The number of likely N-dealkylation sites (N-methyl/N-ethyl adjacent to an activating group) is 1. The molecule has 0 saturated carbocycles. The number of piperidine rings is 1. The van der Waals surface area contributed by atoms with Gasteiger partial charge in [0.1, 0.15) is 11.6 Å². The summed E-state index contributed by atoms with van der Waals surface area (Å²) in [7, 11) is 0. The average molecular weight is 458 g/mol. The second kappa shape index (κ2) is 11.9. The van der Waals surface area contributed by atoms with Gasteiger partial charge in [-0.25, -0.2) is 8.78 Å². The predicted octanol–water partition coefficient (Wildman–Crippen LogP) is 3.89. The van der Waals surface area contributed by atoms with Crippen molar-refractivity contribution in [2.24, 2.45) is 5.92 Å². The first-order valence-electron chi connectivity index (χ1n) is 11.7. The van der Waals surface area contributed by atoms with E-state index in [9.17, 15) is 18.4 Å². The maximum absolute atomic E-state index is 14.0. The maximum atomic E-state index is 14.0. The molecular weight excluding hydrogens is 424 g/mol. The van der Waals surface area contributed by atoms with E-state index in [4.69, 9.17) is 0 Å². The molecule has 3 rings (SSSR count). The van der Waals surface area contributed by atoms with Gasteiger partial charge in [-0.15, -0.1) is 0 Å². The van der Waals surface area contributed by atoms with Crippen molar-refractivity contribution >= 4 is 11.8 Å². The lowest BCUT2D eigenvalue weighted by Crippen LogP contribution is -2.48. The third-order valence-electron chi connectivity index (χ3n) is 6.47. The number of hydrogen-bond donors (Lipinski definition) is 1. The Balaban J connectivity index is 1.53. The number of amides is 2. The standard InChI is InChI=1S/C26H33F2N3O2/c1-3-30(4-2)22(16-19-8-6-5-7-9-19)18-29-25(32)20-12-14-31(15-13-20)26(33)23-11-10-21(27)17-24(23)28/h5-11,17,20,22H,3-4,12-16,18H2,1-2H3,(H,29,32)/t22-/m1/s1. The predicted molar refractivity (Wildman–Crippen MR) is 125 cm³/mol. The largest absolute Gasteiger partial charge is 0.354 e. The quantitative estimate of drug-likeness (QED) is 0.622. The molecule has 7 heteroatoms. The summed E-state index contributed by atoms with van der Waals surface area (Å²) in [6, 6.07) is 13.4. The van der Waals surface area contributed by atoms with Crippen LogP contribution >= 0.6 is 0 Å². The lowest BCUT2D eigenvalue weighted by molar-refractivity contribution is -0.126. The SMILES string of the molecule is CCN(CC)[C@@H](CNC(=O)C1CCN(C(=O)c2ccc(F)cc2F)CC1)Cc1ccccc1. The number of likely N-dealkylation sites (tertiary alicyclic amines) is 1. The molecule has 1 aliphatic heterocycles. The lowest BCUT2D eigenvalue weighted by Gasteiger charge is -2.33. The molecule has 1 saturated heterocycles. The molecule has 0 spiro atoms. The van der Waals surface area contributed by atoms with Gasteiger partial charge in [0, 0.05) is 37.7 Å². The van der Waals surface area contributed by atoms with E-state index in [1.165, 1.54) is 16.5 Å². The van der Waals surface area contributed by atoms with Crippen LogP contribution in [0.2, 0.25) is 0 Å². The van der Waals surface area contributed by atoms with E-state index < -0.39 is 17.5 Å². The first-order valence-corrected chi connectivity index (χ1v) is 11.7. The van der Waals surface area contributed by atoms with E-state index in [-0.39, 0.29) is 23.4 Å². The molecule has 0 bridgehead atoms. The van der Waals surface area contributed by atoms with Crippen LogP contribution < -0.4 is 5.32 Å². The van der Waals surface area contributed by atoms with Crippen LogP contribution in [-0.2, 0) is 11.2 Å². The van der Waals surface area contributed by atoms with Gasteiger partial charge in [0.05, 0.1) is 5.56 Å². The highest BCUT2D eigenvalue weighted by Crippen LogP contribution is 2.21. The zero-order valence-electron chi connectivity index (χ0n) is 19.4. The number of benzene rings is 2. The van der Waals surface area contributed by atoms with Crippen LogP contribution in [-0.4, -0.2) is 60.4 Å². The highest BCUT2D eigenvalue weighted by atomic mass is 19.1. The molecule has 1 N–H and O–H groups in total. The van der Waals surface area contributed by atoms with E-state index in [1.54, 1.807) is 0 Å². The first-order chi connectivity index (χ1) is 15.9. The monoisotopic (exact) mass is 457 g/mol. The van der Waals surface area contributed by atoms with Gasteiger partial charge in [-0.2, -0.15) is 0 Å². The molecule has 1 heterocycles. The number of nitrogens with one attached hydrogen (secondary N) is 1. The second-order valence-electron chi connectivity index (χ2n) is 8.50. The molecular formula is C26H33F2N3O2. The minimum absolute atomic E-state index is 0.000259. The van der Waals surface area contributed by atoms with Crippen molar-refractivity contribution in [1.29, 1.82) is 0 Å². The van der Waals surface area contributed by atoms with Crippen LogP contribution in [0, 0.1) is 17.6 Å². The molecule has 33 heavy (non-hydrogen) atoms. The van der Waals surface area contributed by atoms with Gasteiger partial charge in [0.15, 0.2) is 0 Å². The zero-order valence-corrected chi connectivity index (χ0v) is 19.4. The summed E-state index contributed by atoms with van der Waals surface area (Å²) in [4.78, 5) is 29.3. The van der Waals surface area contributed by atoms with Gasteiger partial charge in [0.2, 0.25) is 5.91 Å². The summed E-state index contributed by atoms with van der Waals surface area (Å²) in [5.74, 6) is -2.22. The molecule has 1 aliphatic rings. The summed E-state index contributed by atoms with van der Waals surface area (Å²) in [6.07, 6.45) is 1.91. The smallest absolute Gasteiger partial charge is 0.256 e. The Morgan fingerprint density at radius 1 is 1.06 bits per heavy atom. The Labute approximate surface area is 194 Å². The Morgan fingerprint density at radius 3 is 2.33 bits per heavy atom. The molecule has 0 aliphatic carbocycles. The number of carbonyl (C=O) groups excluding carboxylic acids is 2. The third kappa shape index (κ3) is 6.60. The van der Waals surface area contributed by atoms with Crippen molar-refractivity contribution < 1.29 is 18.4 Å². The van der Waals surface area contributed by atoms with Crippen LogP contribution in [0.3, 0.4) is 0 Å². The average Bonchev–Trinajstić information content (AvgIpc) is 2.83. The minimum atomic E-state index is -0.860. The highest BCUT2D eigenvalue weighted by Gasteiger charge is 2.29. The van der Waals surface area contributed by atoms with E-state index in [2.05, 4.69) is 36.2 Å². The van der Waals surface area contributed by atoms with Crippen LogP contribution in [0.25, 0.3) is 0 Å². The number of rotatable bonds is 9. The molecule has 2 amide bonds. The van der Waals surface area contributed by atoms with Crippen LogP contribution in [0.5, 0.6) is 0 Å². The van der Waals surface area contributed by atoms with Crippen molar-refractivity contribution in [2.75, 3.05) is 32.7 Å². The van der Waals surface area contributed by atoms with E-state index >= 15 is 0 Å². The van der Waals surface area contributed by atoms with Gasteiger partial charge in [-0.05, 0) is 50.0 Å². The molecule has 0 aromatic heterocycles. The fourth-order valence-electron chi connectivity index (χ4n) is 4.50. The fourth-order valence-corrected chi connectivity index (χ4v) is 4.50. The molecule has 178 valence electrons. The summed E-state index contributed by atoms with van der Waals surface area (Å²) in [6.45, 7) is 7.37. The van der Waals surface area contributed by atoms with Crippen molar-refractivity contribution in [3.63, 3.8) is 0 Å². The second-order valence-corrected chi connectivity index (χ2v) is 8.50. The van der Waals surface area contributed by atoms with Gasteiger partial charge in [-0.1, -0.05) is 44.2 Å². The van der Waals surface area contributed by atoms with Crippen LogP contribution in [0.15, 0.2) is 48.5 Å². The summed E-state index contributed by atoms with van der Waals surface area (Å²) in [5.41, 5.74) is 1.10. The van der Waals surface area contributed by atoms with Crippen molar-refractivity contribution in [1.82, 2.24) is 15.1 Å². The normalized spacial score (nSPS) is 15.5. The number of nitrogens with zero attached hydrogens (tertiary/aromatic N) is 2.